The molecule has 5 heteroatoms. The second kappa shape index (κ2) is 8.86. The third kappa shape index (κ3) is 4.38. The van der Waals surface area contributed by atoms with Crippen LogP contribution in [0.4, 0.5) is 17.1 Å². The summed E-state index contributed by atoms with van der Waals surface area (Å²) in [4.78, 5) is 26.7. The van der Waals surface area contributed by atoms with Crippen molar-refractivity contribution in [2.45, 2.75) is 6.92 Å². The maximum Gasteiger partial charge on any atom is 0.257 e. The van der Waals surface area contributed by atoms with E-state index in [4.69, 9.17) is 0 Å². The van der Waals surface area contributed by atoms with Crippen LogP contribution in [0, 0.1) is 0 Å². The van der Waals surface area contributed by atoms with E-state index in [0.717, 1.165) is 11.4 Å². The quantitative estimate of drug-likeness (QED) is 0.671. The first-order valence-electron chi connectivity index (χ1n) is 9.17. The van der Waals surface area contributed by atoms with Crippen molar-refractivity contribution in [3.05, 3.63) is 90.0 Å². The molecule has 0 spiro atoms. The van der Waals surface area contributed by atoms with Crippen LogP contribution in [0.3, 0.4) is 0 Å². The zero-order valence-corrected chi connectivity index (χ0v) is 16.0. The van der Waals surface area contributed by atoms with E-state index in [-0.39, 0.29) is 11.8 Å². The minimum Gasteiger partial charge on any atom is -0.352 e. The van der Waals surface area contributed by atoms with E-state index >= 15 is 0 Å². The summed E-state index contributed by atoms with van der Waals surface area (Å²) in [6.07, 6.45) is 0. The molecule has 0 radical (unpaired) electrons. The first-order valence-corrected chi connectivity index (χ1v) is 9.17. The lowest BCUT2D eigenvalue weighted by atomic mass is 10.1. The van der Waals surface area contributed by atoms with Gasteiger partial charge in [0.15, 0.2) is 0 Å². The smallest absolute Gasteiger partial charge is 0.257 e. The number of anilines is 3. The van der Waals surface area contributed by atoms with Gasteiger partial charge in [-0.25, -0.2) is 0 Å². The predicted octanol–water partition coefficient (Wildman–Crippen LogP) is 4.46. The molecule has 0 atom stereocenters. The highest BCUT2D eigenvalue weighted by molar-refractivity contribution is 6.08. The van der Waals surface area contributed by atoms with Gasteiger partial charge >= 0.3 is 0 Å². The lowest BCUT2D eigenvalue weighted by Gasteiger charge is -2.22. The number of rotatable bonds is 6. The summed E-state index contributed by atoms with van der Waals surface area (Å²) in [5.74, 6) is -0.334. The molecule has 0 saturated carbocycles. The highest BCUT2D eigenvalue weighted by Gasteiger charge is 2.15. The van der Waals surface area contributed by atoms with Crippen molar-refractivity contribution < 1.29 is 9.59 Å². The largest absolute Gasteiger partial charge is 0.352 e. The molecule has 3 aromatic carbocycles. The third-order valence-corrected chi connectivity index (χ3v) is 4.40. The van der Waals surface area contributed by atoms with Crippen molar-refractivity contribution in [3.8, 4) is 0 Å². The summed E-state index contributed by atoms with van der Waals surface area (Å²) >= 11 is 0. The molecule has 0 aromatic heterocycles. The number of nitrogens with one attached hydrogen (secondary N) is 2. The van der Waals surface area contributed by atoms with Crippen molar-refractivity contribution in [1.29, 1.82) is 0 Å². The second-order valence-electron chi connectivity index (χ2n) is 6.30. The number of para-hydroxylation sites is 2. The summed E-state index contributed by atoms with van der Waals surface area (Å²) in [5.41, 5.74) is 3.57. The van der Waals surface area contributed by atoms with Crippen LogP contribution in [0.25, 0.3) is 0 Å². The van der Waals surface area contributed by atoms with E-state index in [2.05, 4.69) is 10.6 Å². The topological polar surface area (TPSA) is 61.4 Å². The van der Waals surface area contributed by atoms with E-state index in [1.165, 1.54) is 0 Å². The Hall–Kier alpha value is -3.60. The zero-order chi connectivity index (χ0) is 19.9. The molecule has 2 N–H and O–H groups in total. The van der Waals surface area contributed by atoms with Crippen molar-refractivity contribution in [3.63, 3.8) is 0 Å². The van der Waals surface area contributed by atoms with Gasteiger partial charge in [-0.1, -0.05) is 30.3 Å². The Balaban J connectivity index is 1.79. The lowest BCUT2D eigenvalue weighted by molar-refractivity contribution is 0.0955. The van der Waals surface area contributed by atoms with Crippen LogP contribution < -0.4 is 15.5 Å². The normalized spacial score (nSPS) is 10.2. The summed E-state index contributed by atoms with van der Waals surface area (Å²) in [6, 6.07) is 24.2. The fraction of sp³-hybridized carbons (Fsp3) is 0.130. The maximum atomic E-state index is 12.9. The standard InChI is InChI=1S/C23H23N3O2/c1-3-24-22(27)17-13-15-18(16-14-17)25-23(28)20-11-7-8-12-21(20)26(2)19-9-5-4-6-10-19/h4-16H,3H2,1-2H3,(H,24,27)(H,25,28). The maximum absolute atomic E-state index is 12.9. The number of carbonyl (C=O) groups is 2. The summed E-state index contributed by atoms with van der Waals surface area (Å²) < 4.78 is 0. The van der Waals surface area contributed by atoms with E-state index in [1.807, 2.05) is 67.4 Å². The Morgan fingerprint density at radius 1 is 0.821 bits per heavy atom. The lowest BCUT2D eigenvalue weighted by Crippen LogP contribution is -2.22. The highest BCUT2D eigenvalue weighted by Crippen LogP contribution is 2.27. The molecule has 0 heterocycles. The molecule has 28 heavy (non-hydrogen) atoms. The Morgan fingerprint density at radius 3 is 2.14 bits per heavy atom. The van der Waals surface area contributed by atoms with Crippen LogP contribution in [0.15, 0.2) is 78.9 Å². The molecule has 2 amide bonds. The fourth-order valence-corrected chi connectivity index (χ4v) is 2.91. The minimum absolute atomic E-state index is 0.129. The zero-order valence-electron chi connectivity index (χ0n) is 16.0. The van der Waals surface area contributed by atoms with Crippen LogP contribution in [0.2, 0.25) is 0 Å². The highest BCUT2D eigenvalue weighted by atomic mass is 16.2. The first-order chi connectivity index (χ1) is 13.6. The molecular weight excluding hydrogens is 350 g/mol. The van der Waals surface area contributed by atoms with Gasteiger partial charge in [0.25, 0.3) is 11.8 Å². The number of benzene rings is 3. The number of nitrogens with zero attached hydrogens (tertiary/aromatic N) is 1. The Kier molecular flexibility index (Phi) is 6.07. The van der Waals surface area contributed by atoms with Gasteiger partial charge in [0.2, 0.25) is 0 Å². The molecule has 142 valence electrons. The van der Waals surface area contributed by atoms with Crippen LogP contribution in [0.1, 0.15) is 27.6 Å². The molecule has 0 saturated heterocycles. The molecule has 0 unspecified atom stereocenters. The molecule has 3 aromatic rings. The molecule has 0 bridgehead atoms. The van der Waals surface area contributed by atoms with Gasteiger partial charge in [-0.2, -0.15) is 0 Å². The number of carbonyl (C=O) groups excluding carboxylic acids is 2. The average molecular weight is 373 g/mol. The van der Waals surface area contributed by atoms with Crippen molar-refractivity contribution in [2.24, 2.45) is 0 Å². The number of hydrogen-bond donors (Lipinski definition) is 2. The van der Waals surface area contributed by atoms with Gasteiger partial charge in [-0.3, -0.25) is 9.59 Å². The molecular formula is C23H23N3O2. The van der Waals surface area contributed by atoms with E-state index in [1.54, 1.807) is 30.3 Å². The molecule has 0 aliphatic rings. The van der Waals surface area contributed by atoms with E-state index in [9.17, 15) is 9.59 Å². The van der Waals surface area contributed by atoms with Gasteiger partial charge < -0.3 is 15.5 Å². The van der Waals surface area contributed by atoms with Gasteiger partial charge in [-0.05, 0) is 55.5 Å². The van der Waals surface area contributed by atoms with Crippen molar-refractivity contribution >= 4 is 28.9 Å². The third-order valence-electron chi connectivity index (χ3n) is 4.40. The van der Waals surface area contributed by atoms with E-state index in [0.29, 0.717) is 23.4 Å². The van der Waals surface area contributed by atoms with Crippen LogP contribution in [-0.2, 0) is 0 Å². The van der Waals surface area contributed by atoms with Crippen molar-refractivity contribution in [1.82, 2.24) is 5.32 Å². The number of amides is 2. The van der Waals surface area contributed by atoms with Crippen LogP contribution in [-0.4, -0.2) is 25.4 Å². The Morgan fingerprint density at radius 2 is 1.46 bits per heavy atom. The van der Waals surface area contributed by atoms with Gasteiger partial charge in [0.1, 0.15) is 0 Å². The van der Waals surface area contributed by atoms with Crippen molar-refractivity contribution in [2.75, 3.05) is 23.8 Å². The molecule has 0 aliphatic heterocycles. The minimum atomic E-state index is -0.204. The molecule has 0 aliphatic carbocycles. The van der Waals surface area contributed by atoms with E-state index < -0.39 is 0 Å². The van der Waals surface area contributed by atoms with Gasteiger partial charge in [-0.15, -0.1) is 0 Å². The average Bonchev–Trinajstić information content (AvgIpc) is 2.74. The summed E-state index contributed by atoms with van der Waals surface area (Å²) in [7, 11) is 1.93. The van der Waals surface area contributed by atoms with Crippen LogP contribution in [0.5, 0.6) is 0 Å². The summed E-state index contributed by atoms with van der Waals surface area (Å²) in [5, 5.41) is 5.66. The predicted molar refractivity (Wildman–Crippen MR) is 113 cm³/mol. The fourth-order valence-electron chi connectivity index (χ4n) is 2.91. The Bertz CT molecular complexity index is 953. The second-order valence-corrected chi connectivity index (χ2v) is 6.30. The molecule has 3 rings (SSSR count). The molecule has 0 fully saturated rings. The number of hydrogen-bond acceptors (Lipinski definition) is 3. The summed E-state index contributed by atoms with van der Waals surface area (Å²) in [6.45, 7) is 2.44. The monoisotopic (exact) mass is 373 g/mol. The van der Waals surface area contributed by atoms with Gasteiger partial charge in [0.05, 0.1) is 11.3 Å². The van der Waals surface area contributed by atoms with Gasteiger partial charge in [0, 0.05) is 30.5 Å². The SMILES string of the molecule is CCNC(=O)c1ccc(NC(=O)c2ccccc2N(C)c2ccccc2)cc1. The van der Waals surface area contributed by atoms with Crippen LogP contribution >= 0.6 is 0 Å². The first kappa shape index (κ1) is 19.2. The molecule has 5 nitrogen and oxygen atoms in total. The Labute approximate surface area is 165 Å².